The summed E-state index contributed by atoms with van der Waals surface area (Å²) >= 11 is 0. The average molecular weight is 441 g/mol. The van der Waals surface area contributed by atoms with Crippen molar-refractivity contribution in [3.05, 3.63) is 65.0 Å². The SMILES string of the molecule is CCNC(=NCCc1cccc(C(=O)NC)c1)NC(C)c1ccc(OCC2CC2)c(F)c1. The predicted octanol–water partition coefficient (Wildman–Crippen LogP) is 3.83. The van der Waals surface area contributed by atoms with Crippen molar-refractivity contribution in [1.29, 1.82) is 0 Å². The topological polar surface area (TPSA) is 74.8 Å². The molecule has 0 bridgehead atoms. The van der Waals surface area contributed by atoms with Crippen LogP contribution in [0.2, 0.25) is 0 Å². The summed E-state index contributed by atoms with van der Waals surface area (Å²) in [5.41, 5.74) is 2.51. The molecule has 0 radical (unpaired) electrons. The van der Waals surface area contributed by atoms with Crippen LogP contribution in [-0.2, 0) is 6.42 Å². The Labute approximate surface area is 189 Å². The standard InChI is InChI=1S/C25H33FN4O2/c1-4-28-25(29-13-12-18-6-5-7-21(14-18)24(31)27-3)30-17(2)20-10-11-23(22(26)15-20)32-16-19-8-9-19/h5-7,10-11,14-15,17,19H,4,8-9,12-13,16H2,1-3H3,(H,27,31)(H2,28,29,30). The summed E-state index contributed by atoms with van der Waals surface area (Å²) in [5, 5.41) is 9.20. The summed E-state index contributed by atoms with van der Waals surface area (Å²) < 4.78 is 20.0. The fraction of sp³-hybridized carbons (Fsp3) is 0.440. The minimum Gasteiger partial charge on any atom is -0.490 e. The van der Waals surface area contributed by atoms with E-state index in [0.29, 0.717) is 49.3 Å². The molecule has 172 valence electrons. The van der Waals surface area contributed by atoms with Crippen molar-refractivity contribution in [3.63, 3.8) is 0 Å². The number of halogens is 1. The maximum absolute atomic E-state index is 14.4. The number of carbonyl (C=O) groups is 1. The van der Waals surface area contributed by atoms with Gasteiger partial charge in [0, 0.05) is 25.7 Å². The van der Waals surface area contributed by atoms with Crippen LogP contribution in [0.15, 0.2) is 47.5 Å². The van der Waals surface area contributed by atoms with Crippen molar-refractivity contribution >= 4 is 11.9 Å². The van der Waals surface area contributed by atoms with Gasteiger partial charge in [-0.1, -0.05) is 18.2 Å². The monoisotopic (exact) mass is 440 g/mol. The van der Waals surface area contributed by atoms with Crippen LogP contribution in [-0.4, -0.2) is 38.6 Å². The second-order valence-corrected chi connectivity index (χ2v) is 8.10. The quantitative estimate of drug-likeness (QED) is 0.388. The van der Waals surface area contributed by atoms with E-state index >= 15 is 0 Å². The summed E-state index contributed by atoms with van der Waals surface area (Å²) in [4.78, 5) is 16.4. The Morgan fingerprint density at radius 3 is 2.75 bits per heavy atom. The second-order valence-electron chi connectivity index (χ2n) is 8.10. The lowest BCUT2D eigenvalue weighted by molar-refractivity contribution is 0.0963. The fourth-order valence-corrected chi connectivity index (χ4v) is 3.31. The Bertz CT molecular complexity index is 943. The number of aliphatic imine (C=N–C) groups is 1. The van der Waals surface area contributed by atoms with E-state index in [1.807, 2.05) is 38.1 Å². The zero-order valence-corrected chi connectivity index (χ0v) is 19.1. The third kappa shape index (κ3) is 6.97. The van der Waals surface area contributed by atoms with Gasteiger partial charge in [-0.05, 0) is 74.4 Å². The molecule has 1 atom stereocenters. The number of hydrogen-bond donors (Lipinski definition) is 3. The van der Waals surface area contributed by atoms with Crippen LogP contribution < -0.4 is 20.7 Å². The minimum absolute atomic E-state index is 0.102. The summed E-state index contributed by atoms with van der Waals surface area (Å²) in [6, 6.07) is 12.5. The first-order chi connectivity index (χ1) is 15.5. The molecular formula is C25H33FN4O2. The van der Waals surface area contributed by atoms with Gasteiger partial charge in [-0.25, -0.2) is 4.39 Å². The Morgan fingerprint density at radius 2 is 2.06 bits per heavy atom. The first-order valence-electron chi connectivity index (χ1n) is 11.3. The summed E-state index contributed by atoms with van der Waals surface area (Å²) in [7, 11) is 1.62. The average Bonchev–Trinajstić information content (AvgIpc) is 3.62. The predicted molar refractivity (Wildman–Crippen MR) is 126 cm³/mol. The number of guanidine groups is 1. The Hall–Kier alpha value is -3.09. The molecule has 7 heteroatoms. The number of rotatable bonds is 10. The molecule has 2 aromatic carbocycles. The van der Waals surface area contributed by atoms with E-state index in [9.17, 15) is 9.18 Å². The molecule has 3 N–H and O–H groups in total. The number of nitrogens with one attached hydrogen (secondary N) is 3. The zero-order chi connectivity index (χ0) is 22.9. The smallest absolute Gasteiger partial charge is 0.251 e. The highest BCUT2D eigenvalue weighted by Gasteiger charge is 2.22. The summed E-state index contributed by atoms with van der Waals surface area (Å²) in [5.74, 6) is 1.12. The van der Waals surface area contributed by atoms with E-state index in [0.717, 1.165) is 11.1 Å². The van der Waals surface area contributed by atoms with Gasteiger partial charge < -0.3 is 20.7 Å². The number of benzene rings is 2. The van der Waals surface area contributed by atoms with Crippen molar-refractivity contribution in [3.8, 4) is 5.75 Å². The Morgan fingerprint density at radius 1 is 1.25 bits per heavy atom. The lowest BCUT2D eigenvalue weighted by Crippen LogP contribution is -2.38. The molecule has 1 fully saturated rings. The minimum atomic E-state index is -0.338. The van der Waals surface area contributed by atoms with Gasteiger partial charge in [0.15, 0.2) is 17.5 Å². The normalized spacial score (nSPS) is 14.6. The highest BCUT2D eigenvalue weighted by atomic mass is 19.1. The van der Waals surface area contributed by atoms with E-state index in [1.165, 1.54) is 18.9 Å². The molecule has 0 aliphatic heterocycles. The highest BCUT2D eigenvalue weighted by molar-refractivity contribution is 5.94. The van der Waals surface area contributed by atoms with E-state index in [2.05, 4.69) is 20.9 Å². The molecule has 1 unspecified atom stereocenters. The van der Waals surface area contributed by atoms with Crippen LogP contribution in [0, 0.1) is 11.7 Å². The molecule has 1 saturated carbocycles. The van der Waals surface area contributed by atoms with Crippen molar-refractivity contribution < 1.29 is 13.9 Å². The molecule has 1 aliphatic carbocycles. The van der Waals surface area contributed by atoms with Gasteiger partial charge in [-0.3, -0.25) is 9.79 Å². The molecule has 0 aromatic heterocycles. The summed E-state index contributed by atoms with van der Waals surface area (Å²) in [6.45, 7) is 5.83. The Kier molecular flexibility index (Phi) is 8.48. The highest BCUT2D eigenvalue weighted by Crippen LogP contribution is 2.30. The molecule has 1 aliphatic rings. The van der Waals surface area contributed by atoms with Crippen LogP contribution in [0.3, 0.4) is 0 Å². The first-order valence-corrected chi connectivity index (χ1v) is 11.3. The molecule has 2 aromatic rings. The molecule has 1 amide bonds. The number of amides is 1. The van der Waals surface area contributed by atoms with Gasteiger partial charge in [0.1, 0.15) is 0 Å². The van der Waals surface area contributed by atoms with E-state index < -0.39 is 0 Å². The fourth-order valence-electron chi connectivity index (χ4n) is 3.31. The molecule has 0 spiro atoms. The van der Waals surface area contributed by atoms with Crippen LogP contribution in [0.4, 0.5) is 4.39 Å². The third-order valence-electron chi connectivity index (χ3n) is 5.41. The first kappa shape index (κ1) is 23.6. The molecule has 6 nitrogen and oxygen atoms in total. The second kappa shape index (κ2) is 11.5. The number of nitrogens with zero attached hydrogens (tertiary/aromatic N) is 1. The molecular weight excluding hydrogens is 407 g/mol. The third-order valence-corrected chi connectivity index (χ3v) is 5.41. The Balaban J connectivity index is 1.58. The molecule has 3 rings (SSSR count). The van der Waals surface area contributed by atoms with Crippen molar-refractivity contribution in [2.24, 2.45) is 10.9 Å². The maximum Gasteiger partial charge on any atom is 0.251 e. The van der Waals surface area contributed by atoms with Crippen molar-refractivity contribution in [2.75, 3.05) is 26.7 Å². The lowest BCUT2D eigenvalue weighted by atomic mass is 10.1. The molecule has 0 saturated heterocycles. The number of ether oxygens (including phenoxy) is 1. The summed E-state index contributed by atoms with van der Waals surface area (Å²) in [6.07, 6.45) is 3.05. The zero-order valence-electron chi connectivity index (χ0n) is 19.1. The largest absolute Gasteiger partial charge is 0.490 e. The van der Waals surface area contributed by atoms with Gasteiger partial charge in [0.2, 0.25) is 0 Å². The van der Waals surface area contributed by atoms with Gasteiger partial charge >= 0.3 is 0 Å². The van der Waals surface area contributed by atoms with Crippen LogP contribution in [0.1, 0.15) is 54.2 Å². The van der Waals surface area contributed by atoms with E-state index in [1.54, 1.807) is 19.2 Å². The number of carbonyl (C=O) groups excluding carboxylic acids is 1. The van der Waals surface area contributed by atoms with Crippen molar-refractivity contribution in [2.45, 2.75) is 39.2 Å². The van der Waals surface area contributed by atoms with E-state index in [-0.39, 0.29) is 17.8 Å². The maximum atomic E-state index is 14.4. The van der Waals surface area contributed by atoms with Gasteiger partial charge in [0.25, 0.3) is 5.91 Å². The lowest BCUT2D eigenvalue weighted by Gasteiger charge is -2.19. The van der Waals surface area contributed by atoms with Gasteiger partial charge in [-0.15, -0.1) is 0 Å². The molecule has 0 heterocycles. The van der Waals surface area contributed by atoms with Crippen molar-refractivity contribution in [1.82, 2.24) is 16.0 Å². The van der Waals surface area contributed by atoms with E-state index in [4.69, 9.17) is 4.74 Å². The van der Waals surface area contributed by atoms with Gasteiger partial charge in [-0.2, -0.15) is 0 Å². The van der Waals surface area contributed by atoms with Gasteiger partial charge in [0.05, 0.1) is 12.6 Å². The number of hydrogen-bond acceptors (Lipinski definition) is 3. The van der Waals surface area contributed by atoms with Crippen LogP contribution in [0.25, 0.3) is 0 Å². The van der Waals surface area contributed by atoms with Crippen LogP contribution >= 0.6 is 0 Å². The molecule has 32 heavy (non-hydrogen) atoms. The van der Waals surface area contributed by atoms with Crippen LogP contribution in [0.5, 0.6) is 5.75 Å².